The second-order valence-electron chi connectivity index (χ2n) is 5.48. The lowest BCUT2D eigenvalue weighted by Crippen LogP contribution is -2.53. The van der Waals surface area contributed by atoms with Gasteiger partial charge >= 0.3 is 12.0 Å². The molecule has 2 amide bonds. The first-order valence-corrected chi connectivity index (χ1v) is 5.68. The molecule has 17 heavy (non-hydrogen) atoms. The van der Waals surface area contributed by atoms with Gasteiger partial charge in [-0.2, -0.15) is 0 Å². The van der Waals surface area contributed by atoms with Crippen LogP contribution in [-0.4, -0.2) is 52.3 Å². The maximum Gasteiger partial charge on any atom is 0.326 e. The Morgan fingerprint density at radius 2 is 2.00 bits per heavy atom. The molecule has 0 spiro atoms. The molecule has 0 aliphatic carbocycles. The van der Waals surface area contributed by atoms with E-state index >= 15 is 0 Å². The second-order valence-corrected chi connectivity index (χ2v) is 5.48. The summed E-state index contributed by atoms with van der Waals surface area (Å²) in [6.07, 6.45) is 0.0411. The lowest BCUT2D eigenvalue weighted by Gasteiger charge is -2.29. The standard InChI is InChI=1S/C11H20N2O4/c1-11(2,3)8(9(15)16)12-10(17)13-5-4-7(14)6-13/h7-8,14H,4-6H2,1-3H3,(H,12,17)(H,15,16). The summed E-state index contributed by atoms with van der Waals surface area (Å²) >= 11 is 0. The number of nitrogens with one attached hydrogen (secondary N) is 1. The molecule has 1 rings (SSSR count). The maximum atomic E-state index is 11.8. The zero-order chi connectivity index (χ0) is 13.2. The van der Waals surface area contributed by atoms with Crippen LogP contribution in [-0.2, 0) is 4.79 Å². The molecule has 0 aromatic carbocycles. The average Bonchev–Trinajstić information content (AvgIpc) is 2.58. The molecule has 2 unspecified atom stereocenters. The Bertz CT molecular complexity index is 311. The Morgan fingerprint density at radius 3 is 2.35 bits per heavy atom. The number of carboxylic acid groups (broad SMARTS) is 1. The number of aliphatic hydroxyl groups excluding tert-OH is 1. The van der Waals surface area contributed by atoms with Crippen molar-refractivity contribution < 1.29 is 19.8 Å². The molecule has 1 saturated heterocycles. The fourth-order valence-electron chi connectivity index (χ4n) is 1.79. The van der Waals surface area contributed by atoms with E-state index in [1.807, 2.05) is 0 Å². The number of hydrogen-bond donors (Lipinski definition) is 3. The number of aliphatic hydroxyl groups is 1. The average molecular weight is 244 g/mol. The van der Waals surface area contributed by atoms with Crippen molar-refractivity contribution in [1.82, 2.24) is 10.2 Å². The number of hydrogen-bond acceptors (Lipinski definition) is 3. The van der Waals surface area contributed by atoms with Gasteiger partial charge in [0.1, 0.15) is 6.04 Å². The zero-order valence-electron chi connectivity index (χ0n) is 10.4. The molecule has 3 N–H and O–H groups in total. The number of amides is 2. The number of nitrogens with zero attached hydrogens (tertiary/aromatic N) is 1. The monoisotopic (exact) mass is 244 g/mol. The quantitative estimate of drug-likeness (QED) is 0.650. The maximum absolute atomic E-state index is 11.8. The van der Waals surface area contributed by atoms with E-state index < -0.39 is 29.6 Å². The number of β-amino-alcohol motifs (C(OH)–C–C–N with tert-alkyl or cyclic N) is 1. The van der Waals surface area contributed by atoms with Gasteiger partial charge in [0, 0.05) is 13.1 Å². The normalized spacial score (nSPS) is 22.4. The van der Waals surface area contributed by atoms with Crippen LogP contribution in [0.1, 0.15) is 27.2 Å². The SMILES string of the molecule is CC(C)(C)C(NC(=O)N1CCC(O)C1)C(=O)O. The van der Waals surface area contributed by atoms with Crippen molar-refractivity contribution >= 4 is 12.0 Å². The highest BCUT2D eigenvalue weighted by atomic mass is 16.4. The number of carbonyl (C=O) groups is 2. The van der Waals surface area contributed by atoms with E-state index in [4.69, 9.17) is 5.11 Å². The van der Waals surface area contributed by atoms with Gasteiger partial charge in [-0.25, -0.2) is 9.59 Å². The van der Waals surface area contributed by atoms with E-state index in [1.54, 1.807) is 20.8 Å². The van der Waals surface area contributed by atoms with Gasteiger partial charge in [0.2, 0.25) is 0 Å². The summed E-state index contributed by atoms with van der Waals surface area (Å²) in [6, 6.07) is -1.36. The molecule has 0 saturated carbocycles. The van der Waals surface area contributed by atoms with Gasteiger partial charge in [0.05, 0.1) is 6.10 Å². The van der Waals surface area contributed by atoms with E-state index in [-0.39, 0.29) is 6.54 Å². The Hall–Kier alpha value is -1.30. The minimum absolute atomic E-state index is 0.266. The lowest BCUT2D eigenvalue weighted by molar-refractivity contribution is -0.142. The Balaban J connectivity index is 2.62. The molecule has 1 aliphatic heterocycles. The van der Waals surface area contributed by atoms with Crippen molar-refractivity contribution in [3.8, 4) is 0 Å². The van der Waals surface area contributed by atoms with Crippen molar-refractivity contribution in [3.05, 3.63) is 0 Å². The molecular formula is C11H20N2O4. The largest absolute Gasteiger partial charge is 0.480 e. The molecule has 98 valence electrons. The van der Waals surface area contributed by atoms with Crippen LogP contribution in [0.5, 0.6) is 0 Å². The Labute approximate surface area is 101 Å². The van der Waals surface area contributed by atoms with Crippen molar-refractivity contribution in [2.75, 3.05) is 13.1 Å². The molecule has 0 radical (unpaired) electrons. The Morgan fingerprint density at radius 1 is 1.41 bits per heavy atom. The van der Waals surface area contributed by atoms with E-state index in [1.165, 1.54) is 4.90 Å². The summed E-state index contributed by atoms with van der Waals surface area (Å²) in [7, 11) is 0. The topological polar surface area (TPSA) is 89.9 Å². The second kappa shape index (κ2) is 4.91. The van der Waals surface area contributed by atoms with Gasteiger partial charge in [-0.1, -0.05) is 20.8 Å². The molecule has 0 bridgehead atoms. The first kappa shape index (κ1) is 13.8. The predicted molar refractivity (Wildman–Crippen MR) is 61.6 cm³/mol. The third-order valence-electron chi connectivity index (χ3n) is 2.83. The highest BCUT2D eigenvalue weighted by Crippen LogP contribution is 2.20. The number of carboxylic acids is 1. The van der Waals surface area contributed by atoms with E-state index in [0.29, 0.717) is 13.0 Å². The van der Waals surface area contributed by atoms with Crippen molar-refractivity contribution in [2.45, 2.75) is 39.3 Å². The zero-order valence-corrected chi connectivity index (χ0v) is 10.4. The van der Waals surface area contributed by atoms with Gasteiger partial charge in [-0.3, -0.25) is 0 Å². The fraction of sp³-hybridized carbons (Fsp3) is 0.818. The number of carbonyl (C=O) groups excluding carboxylic acids is 1. The molecule has 0 aromatic rings. The molecule has 6 nitrogen and oxygen atoms in total. The molecule has 1 heterocycles. The van der Waals surface area contributed by atoms with E-state index in [2.05, 4.69) is 5.32 Å². The van der Waals surface area contributed by atoms with E-state index in [9.17, 15) is 14.7 Å². The minimum atomic E-state index is -1.05. The van der Waals surface area contributed by atoms with Crippen molar-refractivity contribution in [2.24, 2.45) is 5.41 Å². The van der Waals surface area contributed by atoms with Gasteiger partial charge in [0.25, 0.3) is 0 Å². The number of likely N-dealkylation sites (tertiary alicyclic amines) is 1. The van der Waals surface area contributed by atoms with Crippen LogP contribution >= 0.6 is 0 Å². The predicted octanol–water partition coefficient (Wildman–Crippen LogP) is 0.262. The summed E-state index contributed by atoms with van der Waals surface area (Å²) in [4.78, 5) is 24.3. The summed E-state index contributed by atoms with van der Waals surface area (Å²) in [5, 5.41) is 20.9. The van der Waals surface area contributed by atoms with Gasteiger partial charge in [-0.05, 0) is 11.8 Å². The number of aliphatic carboxylic acids is 1. The van der Waals surface area contributed by atoms with Crippen LogP contribution in [0.2, 0.25) is 0 Å². The number of urea groups is 1. The van der Waals surface area contributed by atoms with Crippen LogP contribution in [0.4, 0.5) is 4.79 Å². The third kappa shape index (κ3) is 3.59. The van der Waals surface area contributed by atoms with Crippen LogP contribution in [0.3, 0.4) is 0 Å². The highest BCUT2D eigenvalue weighted by Gasteiger charge is 2.35. The molecule has 6 heteroatoms. The van der Waals surface area contributed by atoms with Crippen LogP contribution < -0.4 is 5.32 Å². The summed E-state index contributed by atoms with van der Waals surface area (Å²) in [5.74, 6) is -1.05. The van der Waals surface area contributed by atoms with Crippen LogP contribution in [0, 0.1) is 5.41 Å². The van der Waals surface area contributed by atoms with Gasteiger partial charge < -0.3 is 20.4 Å². The lowest BCUT2D eigenvalue weighted by atomic mass is 9.87. The van der Waals surface area contributed by atoms with Crippen molar-refractivity contribution in [1.29, 1.82) is 0 Å². The molecule has 1 fully saturated rings. The number of rotatable bonds is 2. The highest BCUT2D eigenvalue weighted by molar-refractivity contribution is 5.83. The summed E-state index contributed by atoms with van der Waals surface area (Å²) in [6.45, 7) is 5.99. The molecule has 2 atom stereocenters. The first-order chi connectivity index (χ1) is 7.71. The van der Waals surface area contributed by atoms with Gasteiger partial charge in [0.15, 0.2) is 0 Å². The van der Waals surface area contributed by atoms with Crippen molar-refractivity contribution in [3.63, 3.8) is 0 Å². The van der Waals surface area contributed by atoms with Crippen LogP contribution in [0.15, 0.2) is 0 Å². The first-order valence-electron chi connectivity index (χ1n) is 5.68. The fourth-order valence-corrected chi connectivity index (χ4v) is 1.79. The minimum Gasteiger partial charge on any atom is -0.480 e. The van der Waals surface area contributed by atoms with Crippen LogP contribution in [0.25, 0.3) is 0 Å². The molecule has 0 aromatic heterocycles. The van der Waals surface area contributed by atoms with Gasteiger partial charge in [-0.15, -0.1) is 0 Å². The summed E-state index contributed by atoms with van der Waals surface area (Å²) in [5.41, 5.74) is -0.556. The van der Waals surface area contributed by atoms with E-state index in [0.717, 1.165) is 0 Å². The molecular weight excluding hydrogens is 224 g/mol. The summed E-state index contributed by atoms with van der Waals surface area (Å²) < 4.78 is 0. The molecule has 1 aliphatic rings. The smallest absolute Gasteiger partial charge is 0.326 e. The Kier molecular flexibility index (Phi) is 3.98. The third-order valence-corrected chi connectivity index (χ3v) is 2.83.